The molecule has 0 aromatic carbocycles. The number of aromatic amines is 2. The highest BCUT2D eigenvalue weighted by molar-refractivity contribution is 5.98. The molecule has 11 heterocycles. The second kappa shape index (κ2) is 18.0. The first kappa shape index (κ1) is 43.9. The first-order valence-electron chi connectivity index (χ1n) is 22.7. The number of carbonyl (C=O) groups is 2. The third-order valence-electron chi connectivity index (χ3n) is 13.2. The van der Waals surface area contributed by atoms with E-state index in [1.165, 1.54) is 0 Å². The molecular weight excluding hydrogens is 863 g/mol. The molecule has 0 radical (unpaired) electrons. The molecule has 3 N–H and O–H groups in total. The summed E-state index contributed by atoms with van der Waals surface area (Å²) in [5, 5.41) is 24.2. The SMILES string of the molecule is [C-]#[N+]c1c2c(nn1C1CCNCC1)CN(C)C(=O)CCn1cc(c(C)n1)-c1c[nH]c3ncc-2cc13.[C-]#[N+]c1c2c(nn1CCOC)CN(C)C(=O)CCn1cc(c(C)n1)-c1c[nH]c3ncc-2cc13. The molecule has 68 heavy (non-hydrogen) atoms. The van der Waals surface area contributed by atoms with E-state index in [9.17, 15) is 9.59 Å². The molecule has 1 fully saturated rings. The predicted molar refractivity (Wildman–Crippen MR) is 254 cm³/mol. The minimum Gasteiger partial charge on any atom is -0.381 e. The number of fused-ring (bicyclic) bond motifs is 12. The summed E-state index contributed by atoms with van der Waals surface area (Å²) < 4.78 is 12.4. The quantitative estimate of drug-likeness (QED) is 0.162. The molecule has 3 aliphatic heterocycles. The molecule has 0 spiro atoms. The van der Waals surface area contributed by atoms with E-state index in [0.29, 0.717) is 68.5 Å². The summed E-state index contributed by atoms with van der Waals surface area (Å²) in [5.41, 5.74) is 11.8. The maximum atomic E-state index is 13.0. The summed E-state index contributed by atoms with van der Waals surface area (Å²) in [6, 6.07) is 4.28. The highest BCUT2D eigenvalue weighted by atomic mass is 16.5. The molecule has 0 saturated carbocycles. The van der Waals surface area contributed by atoms with Gasteiger partial charge in [0.05, 0.1) is 31.1 Å². The van der Waals surface area contributed by atoms with Gasteiger partial charge in [0.15, 0.2) is 0 Å². The molecular formula is C48H51N17O3. The number of hydrogen-bond acceptors (Lipinski definition) is 10. The van der Waals surface area contributed by atoms with Crippen molar-refractivity contribution in [3.8, 4) is 44.5 Å². The van der Waals surface area contributed by atoms with Gasteiger partial charge in [0.1, 0.15) is 35.3 Å². The van der Waals surface area contributed by atoms with Crippen molar-refractivity contribution in [3.05, 3.63) is 94.9 Å². The molecule has 1 saturated heterocycles. The van der Waals surface area contributed by atoms with Gasteiger partial charge in [-0.25, -0.2) is 9.97 Å². The van der Waals surface area contributed by atoms with Crippen LogP contribution >= 0.6 is 0 Å². The fourth-order valence-corrected chi connectivity index (χ4v) is 9.59. The molecule has 346 valence electrons. The Morgan fingerprint density at radius 1 is 0.721 bits per heavy atom. The van der Waals surface area contributed by atoms with E-state index in [-0.39, 0.29) is 24.4 Å². The number of nitrogens with one attached hydrogen (secondary N) is 3. The normalized spacial score (nSPS) is 15.5. The number of hydrogen-bond donors (Lipinski definition) is 3. The molecule has 0 atom stereocenters. The Morgan fingerprint density at radius 3 is 1.75 bits per heavy atom. The molecule has 0 unspecified atom stereocenters. The summed E-state index contributed by atoms with van der Waals surface area (Å²) in [5.74, 6) is 0.929. The van der Waals surface area contributed by atoms with Crippen LogP contribution in [0.3, 0.4) is 0 Å². The second-order valence-electron chi connectivity index (χ2n) is 17.6. The average Bonchev–Trinajstić information content (AvgIpc) is 4.22. The maximum absolute atomic E-state index is 13.0. The van der Waals surface area contributed by atoms with Crippen molar-refractivity contribution in [2.45, 2.75) is 78.3 Å². The number of rotatable bonds is 4. The highest BCUT2D eigenvalue weighted by Crippen LogP contribution is 2.41. The van der Waals surface area contributed by atoms with Gasteiger partial charge in [-0.1, -0.05) is 13.1 Å². The zero-order valence-corrected chi connectivity index (χ0v) is 38.7. The Morgan fingerprint density at radius 2 is 1.24 bits per heavy atom. The minimum atomic E-state index is -0.0144. The van der Waals surface area contributed by atoms with E-state index in [1.807, 2.05) is 58.7 Å². The molecule has 11 rings (SSSR count). The van der Waals surface area contributed by atoms with Crippen molar-refractivity contribution >= 4 is 45.5 Å². The fraction of sp³-hybridized carbons (Fsp3) is 0.375. The van der Waals surface area contributed by atoms with Crippen LogP contribution in [0.5, 0.6) is 0 Å². The Bertz CT molecular complexity index is 3320. The zero-order valence-electron chi connectivity index (χ0n) is 38.7. The van der Waals surface area contributed by atoms with Crippen LogP contribution in [0.25, 0.3) is 76.3 Å². The number of amides is 2. The molecule has 20 nitrogen and oxygen atoms in total. The number of ether oxygens (including phenoxy) is 1. The van der Waals surface area contributed by atoms with Crippen LogP contribution in [0, 0.1) is 27.0 Å². The van der Waals surface area contributed by atoms with Crippen molar-refractivity contribution in [2.75, 3.05) is 40.9 Å². The van der Waals surface area contributed by atoms with Crippen LogP contribution in [0.15, 0.2) is 49.3 Å². The predicted octanol–water partition coefficient (Wildman–Crippen LogP) is 6.59. The van der Waals surface area contributed by atoms with E-state index in [4.69, 9.17) is 33.1 Å². The van der Waals surface area contributed by atoms with Gasteiger partial charge in [-0.3, -0.25) is 19.0 Å². The van der Waals surface area contributed by atoms with Crippen molar-refractivity contribution in [1.82, 2.24) is 74.2 Å². The number of nitrogens with zero attached hydrogens (tertiary/aromatic N) is 14. The van der Waals surface area contributed by atoms with Crippen molar-refractivity contribution < 1.29 is 14.3 Å². The Labute approximate surface area is 391 Å². The number of H-pyrrole nitrogens is 2. The van der Waals surface area contributed by atoms with Gasteiger partial charge < -0.3 is 39.5 Å². The highest BCUT2D eigenvalue weighted by Gasteiger charge is 2.30. The monoisotopic (exact) mass is 913 g/mol. The Balaban J connectivity index is 0.000000159. The molecule has 20 heteroatoms. The average molecular weight is 914 g/mol. The summed E-state index contributed by atoms with van der Waals surface area (Å²) in [6.45, 7) is 24.1. The largest absolute Gasteiger partial charge is 0.381 e. The van der Waals surface area contributed by atoms with E-state index >= 15 is 0 Å². The lowest BCUT2D eigenvalue weighted by Gasteiger charge is -2.21. The summed E-state index contributed by atoms with van der Waals surface area (Å²) >= 11 is 0. The second-order valence-corrected chi connectivity index (χ2v) is 17.6. The molecule has 8 bridgehead atoms. The zero-order chi connectivity index (χ0) is 47.2. The smallest absolute Gasteiger partial charge is 0.260 e. The maximum Gasteiger partial charge on any atom is 0.260 e. The van der Waals surface area contributed by atoms with Crippen molar-refractivity contribution in [2.24, 2.45) is 0 Å². The van der Waals surface area contributed by atoms with E-state index in [0.717, 1.165) is 104 Å². The van der Waals surface area contributed by atoms with Gasteiger partial charge in [-0.05, 0) is 50.2 Å². The third-order valence-corrected chi connectivity index (χ3v) is 13.2. The van der Waals surface area contributed by atoms with Gasteiger partial charge in [-0.15, -0.1) is 10.2 Å². The van der Waals surface area contributed by atoms with Crippen LogP contribution < -0.4 is 5.32 Å². The van der Waals surface area contributed by atoms with E-state index < -0.39 is 0 Å². The van der Waals surface area contributed by atoms with E-state index in [2.05, 4.69) is 46.2 Å². The van der Waals surface area contributed by atoms with Gasteiger partial charge in [0.25, 0.3) is 11.6 Å². The number of pyridine rings is 2. The summed E-state index contributed by atoms with van der Waals surface area (Å²) in [6.07, 6.45) is 13.9. The molecule has 2 amide bonds. The first-order chi connectivity index (χ1) is 33.0. The van der Waals surface area contributed by atoms with Crippen LogP contribution in [0.2, 0.25) is 0 Å². The van der Waals surface area contributed by atoms with Gasteiger partial charge in [0.2, 0.25) is 11.8 Å². The third kappa shape index (κ3) is 7.96. The number of carbonyl (C=O) groups excluding carboxylic acids is 2. The summed E-state index contributed by atoms with van der Waals surface area (Å²) in [4.78, 5) is 52.8. The lowest BCUT2D eigenvalue weighted by atomic mass is 10.0. The number of piperidine rings is 1. The minimum absolute atomic E-state index is 0.0133. The lowest BCUT2D eigenvalue weighted by Crippen LogP contribution is -2.30. The summed E-state index contributed by atoms with van der Waals surface area (Å²) in [7, 11) is 5.17. The Kier molecular flexibility index (Phi) is 11.7. The lowest BCUT2D eigenvalue weighted by molar-refractivity contribution is -0.131. The number of aromatic nitrogens is 12. The van der Waals surface area contributed by atoms with Gasteiger partial charge in [0, 0.05) is 141 Å². The van der Waals surface area contributed by atoms with Crippen molar-refractivity contribution in [1.29, 1.82) is 0 Å². The Hall–Kier alpha value is -7.94. The van der Waals surface area contributed by atoms with Gasteiger partial charge >= 0.3 is 0 Å². The van der Waals surface area contributed by atoms with Crippen LogP contribution in [0.1, 0.15) is 54.5 Å². The topological polar surface area (TPSA) is 199 Å². The first-order valence-corrected chi connectivity index (χ1v) is 22.7. The number of aryl methyl sites for hydroxylation is 4. The van der Waals surface area contributed by atoms with E-state index in [1.54, 1.807) is 48.1 Å². The standard InChI is InChI=1S/C25H27N9O.C23H24N8O2/c1-15-20-13-33(30-15)9-6-22(35)32(3)14-21-23(16-10-18-19(20)12-29-24(18)28-11-16)25(26-2)34(31-21)17-4-7-27-8-5-17;1-14-18-12-30(27-14)6-5-20(32)29(3)13-19-21(23(24-2)31(28-19)7-8-33-4)15-9-16-17(18)11-26-22(16)25-10-15/h10-13,17,27H,4-9,14H2,1,3H3,(H,28,29);9-12H,5-8,13H2,1,3-4H3,(H,25,26). The molecule has 0 aliphatic carbocycles. The van der Waals surface area contributed by atoms with Crippen LogP contribution in [-0.4, -0.2) is 122 Å². The van der Waals surface area contributed by atoms with Gasteiger partial charge in [-0.2, -0.15) is 19.6 Å². The molecule has 3 aliphatic rings. The van der Waals surface area contributed by atoms with Crippen molar-refractivity contribution in [3.63, 3.8) is 0 Å². The molecule has 8 aromatic heterocycles. The number of methoxy groups -OCH3 is 1. The molecule has 8 aromatic rings. The fourth-order valence-electron chi connectivity index (χ4n) is 9.59. The van der Waals surface area contributed by atoms with Crippen LogP contribution in [0.4, 0.5) is 11.6 Å². The van der Waals surface area contributed by atoms with Crippen LogP contribution in [-0.2, 0) is 47.0 Å².